The molecule has 3 aliphatic carbocycles. The third-order valence-electron chi connectivity index (χ3n) is 4.14. The summed E-state index contributed by atoms with van der Waals surface area (Å²) in [6, 6.07) is 2.53. The summed E-state index contributed by atoms with van der Waals surface area (Å²) in [7, 11) is 4.01. The normalized spacial score (nSPS) is 30.6. The van der Waals surface area contributed by atoms with Crippen molar-refractivity contribution in [1.29, 1.82) is 0 Å². The molecule has 1 heterocycles. The van der Waals surface area contributed by atoms with Gasteiger partial charge in [-0.3, -0.25) is 0 Å². The Morgan fingerprint density at radius 1 is 1.29 bits per heavy atom. The Morgan fingerprint density at radius 2 is 2.12 bits per heavy atom. The number of hydrogen-bond acceptors (Lipinski definition) is 4. The summed E-state index contributed by atoms with van der Waals surface area (Å²) in [5, 5.41) is 3.51. The van der Waals surface area contributed by atoms with Gasteiger partial charge in [-0.05, 0) is 43.6 Å². The minimum absolute atomic E-state index is 0.595. The van der Waals surface area contributed by atoms with Crippen LogP contribution in [-0.4, -0.2) is 30.1 Å². The second kappa shape index (κ2) is 4.17. The van der Waals surface area contributed by atoms with E-state index < -0.39 is 0 Å². The lowest BCUT2D eigenvalue weighted by Gasteiger charge is -2.46. The van der Waals surface area contributed by atoms with Crippen LogP contribution in [0.15, 0.2) is 12.3 Å². The van der Waals surface area contributed by atoms with Crippen molar-refractivity contribution >= 4 is 11.8 Å². The number of rotatable bonds is 3. The summed E-state index contributed by atoms with van der Waals surface area (Å²) in [6.45, 7) is 0. The van der Waals surface area contributed by atoms with Crippen LogP contribution in [0, 0.1) is 11.8 Å². The molecular formula is C13H20N4. The van der Waals surface area contributed by atoms with Crippen molar-refractivity contribution in [2.75, 3.05) is 24.3 Å². The molecule has 0 amide bonds. The summed E-state index contributed by atoms with van der Waals surface area (Å²) in [6.07, 6.45) is 7.31. The second-order valence-corrected chi connectivity index (χ2v) is 5.56. The third kappa shape index (κ3) is 2.08. The first-order valence-corrected chi connectivity index (χ1v) is 6.49. The molecule has 1 aromatic rings. The van der Waals surface area contributed by atoms with Crippen molar-refractivity contribution in [2.24, 2.45) is 11.8 Å². The molecule has 3 aliphatic rings. The average Bonchev–Trinajstić information content (AvgIpc) is 2.28. The summed E-state index contributed by atoms with van der Waals surface area (Å²) >= 11 is 0. The fraction of sp³-hybridized carbons (Fsp3) is 0.692. The number of nitrogens with one attached hydrogen (secondary N) is 1. The Hall–Kier alpha value is -1.32. The van der Waals surface area contributed by atoms with Crippen LogP contribution in [0.2, 0.25) is 0 Å². The van der Waals surface area contributed by atoms with Crippen LogP contribution in [0.1, 0.15) is 25.7 Å². The summed E-state index contributed by atoms with van der Waals surface area (Å²) in [5.41, 5.74) is 0. The number of aromatic nitrogens is 2. The maximum absolute atomic E-state index is 4.52. The molecule has 1 N–H and O–H groups in total. The van der Waals surface area contributed by atoms with Crippen LogP contribution in [-0.2, 0) is 0 Å². The van der Waals surface area contributed by atoms with Gasteiger partial charge in [0.2, 0.25) is 5.95 Å². The number of fused-ring (bicyclic) bond motifs is 2. The predicted molar refractivity (Wildman–Crippen MR) is 69.2 cm³/mol. The molecule has 0 saturated heterocycles. The fourth-order valence-corrected chi connectivity index (χ4v) is 3.03. The Morgan fingerprint density at radius 3 is 2.76 bits per heavy atom. The molecule has 0 aromatic carbocycles. The molecule has 92 valence electrons. The van der Waals surface area contributed by atoms with E-state index in [0.717, 1.165) is 23.6 Å². The van der Waals surface area contributed by atoms with Crippen LogP contribution < -0.4 is 10.2 Å². The van der Waals surface area contributed by atoms with Gasteiger partial charge in [-0.2, -0.15) is 4.98 Å². The summed E-state index contributed by atoms with van der Waals surface area (Å²) in [4.78, 5) is 10.8. The van der Waals surface area contributed by atoms with Crippen molar-refractivity contribution in [3.63, 3.8) is 0 Å². The van der Waals surface area contributed by atoms with E-state index in [4.69, 9.17) is 0 Å². The van der Waals surface area contributed by atoms with E-state index in [-0.39, 0.29) is 0 Å². The van der Waals surface area contributed by atoms with Crippen molar-refractivity contribution in [1.82, 2.24) is 9.97 Å². The standard InChI is InChI=1S/C13H20N4/c1-17(2)12-5-6-14-13(16-12)15-11-4-3-9-7-10(11)8-9/h5-6,9-11H,3-4,7-8H2,1-2H3,(H,14,15,16). The molecule has 0 radical (unpaired) electrons. The monoisotopic (exact) mass is 232 g/mol. The zero-order valence-electron chi connectivity index (χ0n) is 10.6. The van der Waals surface area contributed by atoms with Gasteiger partial charge in [0.1, 0.15) is 5.82 Å². The minimum Gasteiger partial charge on any atom is -0.363 e. The highest BCUT2D eigenvalue weighted by Gasteiger charge is 2.40. The number of anilines is 2. The van der Waals surface area contributed by atoms with Gasteiger partial charge in [0.05, 0.1) is 0 Å². The zero-order chi connectivity index (χ0) is 11.8. The van der Waals surface area contributed by atoms with Gasteiger partial charge in [-0.1, -0.05) is 0 Å². The highest BCUT2D eigenvalue weighted by Crippen LogP contribution is 2.46. The lowest BCUT2D eigenvalue weighted by atomic mass is 9.63. The van der Waals surface area contributed by atoms with Gasteiger partial charge in [0.25, 0.3) is 0 Å². The molecule has 17 heavy (non-hydrogen) atoms. The molecule has 3 saturated carbocycles. The summed E-state index contributed by atoms with van der Waals surface area (Å²) < 4.78 is 0. The molecule has 1 aromatic heterocycles. The molecule has 0 aliphatic heterocycles. The van der Waals surface area contributed by atoms with E-state index in [0.29, 0.717) is 6.04 Å². The van der Waals surface area contributed by atoms with Gasteiger partial charge in [0, 0.05) is 26.3 Å². The van der Waals surface area contributed by atoms with E-state index in [2.05, 4.69) is 15.3 Å². The quantitative estimate of drug-likeness (QED) is 0.867. The second-order valence-electron chi connectivity index (χ2n) is 5.56. The van der Waals surface area contributed by atoms with Crippen LogP contribution in [0.4, 0.5) is 11.8 Å². The molecule has 1 unspecified atom stereocenters. The van der Waals surface area contributed by atoms with Gasteiger partial charge < -0.3 is 10.2 Å². The van der Waals surface area contributed by atoms with Gasteiger partial charge in [0.15, 0.2) is 0 Å². The Kier molecular flexibility index (Phi) is 2.65. The third-order valence-corrected chi connectivity index (χ3v) is 4.14. The SMILES string of the molecule is CN(C)c1ccnc(NC2CCC3CC2C3)n1. The van der Waals surface area contributed by atoms with Crippen molar-refractivity contribution in [3.8, 4) is 0 Å². The van der Waals surface area contributed by atoms with Crippen LogP contribution in [0.25, 0.3) is 0 Å². The van der Waals surface area contributed by atoms with E-state index >= 15 is 0 Å². The molecule has 1 atom stereocenters. The molecule has 0 spiro atoms. The molecule has 4 heteroatoms. The van der Waals surface area contributed by atoms with Gasteiger partial charge in [-0.25, -0.2) is 4.98 Å². The Bertz CT molecular complexity index is 395. The lowest BCUT2D eigenvalue weighted by Crippen LogP contribution is -2.44. The number of nitrogens with zero attached hydrogens (tertiary/aromatic N) is 3. The Balaban J connectivity index is 1.69. The van der Waals surface area contributed by atoms with E-state index in [1.165, 1.54) is 25.7 Å². The van der Waals surface area contributed by atoms with E-state index in [9.17, 15) is 0 Å². The Labute approximate surface area is 102 Å². The van der Waals surface area contributed by atoms with Crippen LogP contribution in [0.5, 0.6) is 0 Å². The molecule has 3 fully saturated rings. The predicted octanol–water partition coefficient (Wildman–Crippen LogP) is 2.14. The topological polar surface area (TPSA) is 41.1 Å². The first kappa shape index (κ1) is 10.8. The van der Waals surface area contributed by atoms with Crippen molar-refractivity contribution in [2.45, 2.75) is 31.7 Å². The average molecular weight is 232 g/mol. The van der Waals surface area contributed by atoms with Crippen LogP contribution in [0.3, 0.4) is 0 Å². The van der Waals surface area contributed by atoms with Crippen molar-refractivity contribution in [3.05, 3.63) is 12.3 Å². The molecule has 4 rings (SSSR count). The summed E-state index contributed by atoms with van der Waals surface area (Å²) in [5.74, 6) is 3.63. The maximum Gasteiger partial charge on any atom is 0.224 e. The highest BCUT2D eigenvalue weighted by molar-refractivity contribution is 5.41. The van der Waals surface area contributed by atoms with Crippen LogP contribution >= 0.6 is 0 Å². The highest BCUT2D eigenvalue weighted by atomic mass is 15.2. The smallest absolute Gasteiger partial charge is 0.224 e. The molecule has 4 nitrogen and oxygen atoms in total. The van der Waals surface area contributed by atoms with Gasteiger partial charge in [-0.15, -0.1) is 0 Å². The number of hydrogen-bond donors (Lipinski definition) is 1. The zero-order valence-corrected chi connectivity index (χ0v) is 10.6. The molecule has 2 bridgehead atoms. The molecular weight excluding hydrogens is 212 g/mol. The first-order chi connectivity index (χ1) is 8.22. The van der Waals surface area contributed by atoms with Crippen molar-refractivity contribution < 1.29 is 0 Å². The minimum atomic E-state index is 0.595. The lowest BCUT2D eigenvalue weighted by molar-refractivity contribution is 0.1000. The van der Waals surface area contributed by atoms with Gasteiger partial charge >= 0.3 is 0 Å². The first-order valence-electron chi connectivity index (χ1n) is 6.49. The largest absolute Gasteiger partial charge is 0.363 e. The fourth-order valence-electron chi connectivity index (χ4n) is 3.03. The van der Waals surface area contributed by atoms with E-state index in [1.807, 2.05) is 31.3 Å². The van der Waals surface area contributed by atoms with E-state index in [1.54, 1.807) is 0 Å². The maximum atomic E-state index is 4.52.